The molecule has 1 aliphatic rings. The average molecular weight is 390 g/mol. The average Bonchev–Trinajstić information content (AvgIpc) is 3.13. The highest BCUT2D eigenvalue weighted by atomic mass is 32.2. The summed E-state index contributed by atoms with van der Waals surface area (Å²) in [7, 11) is -4.14. The Hall–Kier alpha value is -2.58. The smallest absolute Gasteiger partial charge is 0.246 e. The SMILES string of the molecule is O=S(=O)(c1cc(F)ccc1F)N1CC[C@@H](Oc2cccc3cccnc23)C1. The van der Waals surface area contributed by atoms with E-state index in [4.69, 9.17) is 4.74 Å². The third kappa shape index (κ3) is 3.38. The van der Waals surface area contributed by atoms with Gasteiger partial charge >= 0.3 is 0 Å². The molecule has 27 heavy (non-hydrogen) atoms. The van der Waals surface area contributed by atoms with Crippen molar-refractivity contribution in [2.75, 3.05) is 13.1 Å². The van der Waals surface area contributed by atoms with Gasteiger partial charge in [-0.15, -0.1) is 0 Å². The number of hydrogen-bond donors (Lipinski definition) is 0. The predicted octanol–water partition coefficient (Wildman–Crippen LogP) is 3.36. The molecule has 140 valence electrons. The van der Waals surface area contributed by atoms with Crippen LogP contribution in [0, 0.1) is 11.6 Å². The van der Waals surface area contributed by atoms with Gasteiger partial charge in [0.15, 0.2) is 0 Å². The molecule has 0 N–H and O–H groups in total. The zero-order valence-corrected chi connectivity index (χ0v) is 15.0. The minimum absolute atomic E-state index is 0.0571. The van der Waals surface area contributed by atoms with Gasteiger partial charge in [-0.25, -0.2) is 17.2 Å². The normalized spacial score (nSPS) is 18.1. The van der Waals surface area contributed by atoms with Gasteiger partial charge in [0.2, 0.25) is 10.0 Å². The monoisotopic (exact) mass is 390 g/mol. The summed E-state index contributed by atoms with van der Waals surface area (Å²) in [6.45, 7) is 0.225. The number of fused-ring (bicyclic) bond motifs is 1. The van der Waals surface area contributed by atoms with Crippen molar-refractivity contribution in [2.45, 2.75) is 17.4 Å². The molecule has 0 bridgehead atoms. The fourth-order valence-corrected chi connectivity index (χ4v) is 4.74. The molecule has 0 saturated carbocycles. The summed E-state index contributed by atoms with van der Waals surface area (Å²) in [5.74, 6) is -1.21. The largest absolute Gasteiger partial charge is 0.487 e. The highest BCUT2D eigenvalue weighted by Gasteiger charge is 2.35. The second-order valence-corrected chi connectivity index (χ2v) is 8.20. The van der Waals surface area contributed by atoms with Crippen LogP contribution in [0.2, 0.25) is 0 Å². The first-order valence-corrected chi connectivity index (χ1v) is 9.85. The summed E-state index contributed by atoms with van der Waals surface area (Å²) in [5, 5.41) is 0.916. The Kier molecular flexibility index (Phi) is 4.53. The molecule has 1 aromatic heterocycles. The molecule has 5 nitrogen and oxygen atoms in total. The van der Waals surface area contributed by atoms with Gasteiger partial charge in [0.25, 0.3) is 0 Å². The quantitative estimate of drug-likeness (QED) is 0.686. The lowest BCUT2D eigenvalue weighted by Crippen LogP contribution is -2.31. The summed E-state index contributed by atoms with van der Waals surface area (Å²) in [4.78, 5) is 3.65. The molecule has 0 amide bonds. The van der Waals surface area contributed by atoms with Crippen molar-refractivity contribution in [3.8, 4) is 5.75 Å². The third-order valence-electron chi connectivity index (χ3n) is 4.51. The molecule has 8 heteroatoms. The van der Waals surface area contributed by atoms with Crippen LogP contribution >= 0.6 is 0 Å². The third-order valence-corrected chi connectivity index (χ3v) is 6.39. The molecule has 3 aromatic rings. The van der Waals surface area contributed by atoms with Crippen molar-refractivity contribution in [3.05, 3.63) is 66.4 Å². The Balaban J connectivity index is 1.56. The molecule has 2 heterocycles. The number of ether oxygens (including phenoxy) is 1. The van der Waals surface area contributed by atoms with E-state index in [1.54, 1.807) is 12.3 Å². The zero-order chi connectivity index (χ0) is 19.0. The van der Waals surface area contributed by atoms with E-state index in [0.29, 0.717) is 23.8 Å². The van der Waals surface area contributed by atoms with E-state index in [1.807, 2.05) is 24.3 Å². The summed E-state index contributed by atoms with van der Waals surface area (Å²) in [6, 6.07) is 11.7. The molecule has 1 fully saturated rings. The molecular weight excluding hydrogens is 374 g/mol. The molecule has 4 rings (SSSR count). The number of benzene rings is 2. The van der Waals surface area contributed by atoms with Gasteiger partial charge in [-0.05, 0) is 36.8 Å². The van der Waals surface area contributed by atoms with Crippen LogP contribution in [0.1, 0.15) is 6.42 Å². The van der Waals surface area contributed by atoms with Crippen molar-refractivity contribution in [1.82, 2.24) is 9.29 Å². The molecule has 0 spiro atoms. The molecule has 1 atom stereocenters. The van der Waals surface area contributed by atoms with Crippen molar-refractivity contribution >= 4 is 20.9 Å². The van der Waals surface area contributed by atoms with Gasteiger partial charge in [0.05, 0.1) is 6.54 Å². The first kappa shape index (κ1) is 17.8. The topological polar surface area (TPSA) is 59.5 Å². The second-order valence-electron chi connectivity index (χ2n) is 6.30. The summed E-state index contributed by atoms with van der Waals surface area (Å²) < 4.78 is 59.7. The number of sulfonamides is 1. The zero-order valence-electron chi connectivity index (χ0n) is 14.2. The maximum atomic E-state index is 13.9. The molecular formula is C19H16F2N2O3S. The highest BCUT2D eigenvalue weighted by Crippen LogP contribution is 2.29. The van der Waals surface area contributed by atoms with Crippen LogP contribution < -0.4 is 4.74 Å². The summed E-state index contributed by atoms with van der Waals surface area (Å²) >= 11 is 0. The van der Waals surface area contributed by atoms with E-state index in [1.165, 1.54) is 0 Å². The van der Waals surface area contributed by atoms with Gasteiger partial charge in [-0.1, -0.05) is 18.2 Å². The predicted molar refractivity (Wildman–Crippen MR) is 95.9 cm³/mol. The molecule has 2 aromatic carbocycles. The van der Waals surface area contributed by atoms with E-state index in [2.05, 4.69) is 4.98 Å². The molecule has 0 unspecified atom stereocenters. The Morgan fingerprint density at radius 2 is 1.93 bits per heavy atom. The Labute approximate surface area is 155 Å². The number of para-hydroxylation sites is 1. The van der Waals surface area contributed by atoms with E-state index < -0.39 is 32.7 Å². The van der Waals surface area contributed by atoms with E-state index in [9.17, 15) is 17.2 Å². The number of rotatable bonds is 4. The Morgan fingerprint density at radius 1 is 1.11 bits per heavy atom. The molecule has 0 aliphatic carbocycles. The molecule has 1 aliphatic heterocycles. The Bertz CT molecular complexity index is 1100. The highest BCUT2D eigenvalue weighted by molar-refractivity contribution is 7.89. The van der Waals surface area contributed by atoms with E-state index >= 15 is 0 Å². The minimum atomic E-state index is -4.14. The van der Waals surface area contributed by atoms with Crippen LogP contribution in [0.3, 0.4) is 0 Å². The maximum Gasteiger partial charge on any atom is 0.246 e. The van der Waals surface area contributed by atoms with Crippen LogP contribution in [0.25, 0.3) is 10.9 Å². The maximum absolute atomic E-state index is 13.9. The first-order chi connectivity index (χ1) is 12.9. The van der Waals surface area contributed by atoms with Crippen molar-refractivity contribution in [2.24, 2.45) is 0 Å². The molecule has 1 saturated heterocycles. The van der Waals surface area contributed by atoms with Gasteiger partial charge in [-0.3, -0.25) is 4.98 Å². The van der Waals surface area contributed by atoms with Crippen molar-refractivity contribution in [3.63, 3.8) is 0 Å². The van der Waals surface area contributed by atoms with E-state index in [0.717, 1.165) is 21.8 Å². The van der Waals surface area contributed by atoms with Crippen LogP contribution in [0.4, 0.5) is 8.78 Å². The van der Waals surface area contributed by atoms with E-state index in [-0.39, 0.29) is 13.1 Å². The summed E-state index contributed by atoms with van der Waals surface area (Å²) in [6.07, 6.45) is 1.70. The fourth-order valence-electron chi connectivity index (χ4n) is 3.18. The van der Waals surface area contributed by atoms with Crippen LogP contribution in [0.15, 0.2) is 59.6 Å². The number of nitrogens with zero attached hydrogens (tertiary/aromatic N) is 2. The summed E-state index contributed by atoms with van der Waals surface area (Å²) in [5.41, 5.74) is 0.692. The number of aromatic nitrogens is 1. The van der Waals surface area contributed by atoms with Crippen molar-refractivity contribution < 1.29 is 21.9 Å². The fraction of sp³-hybridized carbons (Fsp3) is 0.211. The van der Waals surface area contributed by atoms with Gasteiger partial charge in [0.1, 0.15) is 33.9 Å². The van der Waals surface area contributed by atoms with Gasteiger partial charge < -0.3 is 4.74 Å². The van der Waals surface area contributed by atoms with Crippen molar-refractivity contribution in [1.29, 1.82) is 0 Å². The Morgan fingerprint density at radius 3 is 2.78 bits per heavy atom. The number of halogens is 2. The van der Waals surface area contributed by atoms with Gasteiger partial charge in [-0.2, -0.15) is 4.31 Å². The standard InChI is InChI=1S/C19H16F2N2O3S/c20-14-6-7-16(21)18(11-14)27(24,25)23-10-8-15(12-23)26-17-5-1-3-13-4-2-9-22-19(13)17/h1-7,9,11,15H,8,10,12H2/t15-/m1/s1. The van der Waals surface area contributed by atoms with Gasteiger partial charge in [0, 0.05) is 18.1 Å². The van der Waals surface area contributed by atoms with Crippen LogP contribution in [-0.2, 0) is 10.0 Å². The first-order valence-electron chi connectivity index (χ1n) is 8.41. The van der Waals surface area contributed by atoms with Crippen LogP contribution in [0.5, 0.6) is 5.75 Å². The number of hydrogen-bond acceptors (Lipinski definition) is 4. The molecule has 0 radical (unpaired) electrons. The lowest BCUT2D eigenvalue weighted by molar-refractivity contribution is 0.218. The number of pyridine rings is 1. The second kappa shape index (κ2) is 6.86. The lowest BCUT2D eigenvalue weighted by Gasteiger charge is -2.18. The van der Waals surface area contributed by atoms with Crippen LogP contribution in [-0.4, -0.2) is 36.9 Å². The minimum Gasteiger partial charge on any atom is -0.487 e. The lowest BCUT2D eigenvalue weighted by atomic mass is 10.2.